The third-order valence-corrected chi connectivity index (χ3v) is 7.53. The molecule has 3 aliphatic rings. The summed E-state index contributed by atoms with van der Waals surface area (Å²) >= 11 is 0. The molecule has 0 spiro atoms. The number of amides is 2. The van der Waals surface area contributed by atoms with Crippen LogP contribution in [0.1, 0.15) is 52.0 Å². The van der Waals surface area contributed by atoms with Crippen LogP contribution in [0.3, 0.4) is 0 Å². The summed E-state index contributed by atoms with van der Waals surface area (Å²) < 4.78 is 20.8. The number of nitrogens with zero attached hydrogens (tertiary/aromatic N) is 6. The zero-order chi connectivity index (χ0) is 28.6. The molecule has 0 radical (unpaired) electrons. The van der Waals surface area contributed by atoms with Gasteiger partial charge in [0.15, 0.2) is 5.82 Å². The molecule has 0 bridgehead atoms. The summed E-state index contributed by atoms with van der Waals surface area (Å²) in [5, 5.41) is 28.0. The lowest BCUT2D eigenvalue weighted by Gasteiger charge is -2.47. The normalized spacial score (nSPS) is 23.1. The fourth-order valence-corrected chi connectivity index (χ4v) is 5.74. The summed E-state index contributed by atoms with van der Waals surface area (Å²) in [6, 6.07) is 4.79. The first-order valence-corrected chi connectivity index (χ1v) is 13.4. The van der Waals surface area contributed by atoms with Crippen LogP contribution < -0.4 is 31.4 Å². The molecule has 14 heteroatoms. The molecular formula is C26H35FN10O3. The van der Waals surface area contributed by atoms with E-state index in [9.17, 15) is 15.2 Å². The van der Waals surface area contributed by atoms with Crippen molar-refractivity contribution >= 4 is 29.2 Å². The van der Waals surface area contributed by atoms with Crippen molar-refractivity contribution in [3.8, 4) is 11.8 Å². The first kappa shape index (κ1) is 27.8. The summed E-state index contributed by atoms with van der Waals surface area (Å²) in [4.78, 5) is 23.9. The Kier molecular flexibility index (Phi) is 7.65. The zero-order valence-electron chi connectivity index (χ0n) is 23.0. The molecule has 3 aliphatic heterocycles. The Labute approximate surface area is 232 Å². The molecule has 40 heavy (non-hydrogen) atoms. The van der Waals surface area contributed by atoms with Gasteiger partial charge in [-0.05, 0) is 59.1 Å². The van der Waals surface area contributed by atoms with Crippen LogP contribution in [-0.2, 0) is 0 Å². The lowest BCUT2D eigenvalue weighted by molar-refractivity contribution is 0.0501. The number of aliphatic hydroxyl groups excluding tert-OH is 1. The van der Waals surface area contributed by atoms with Crippen LogP contribution in [0.5, 0.6) is 5.75 Å². The van der Waals surface area contributed by atoms with Gasteiger partial charge in [0, 0.05) is 30.7 Å². The fourth-order valence-electron chi connectivity index (χ4n) is 5.74. The van der Waals surface area contributed by atoms with Gasteiger partial charge in [-0.15, -0.1) is 11.1 Å². The van der Waals surface area contributed by atoms with Crippen LogP contribution >= 0.6 is 0 Å². The number of rotatable bonds is 8. The number of carbonyl (C=O) groups excluding carboxylic acids is 1. The molecular weight excluding hydrogens is 519 g/mol. The van der Waals surface area contributed by atoms with Gasteiger partial charge in [0.2, 0.25) is 5.95 Å². The maximum atomic E-state index is 15.2. The minimum Gasteiger partial charge on any atom is -0.489 e. The number of benzene rings is 1. The van der Waals surface area contributed by atoms with Gasteiger partial charge >= 0.3 is 6.03 Å². The number of anilines is 4. The maximum absolute atomic E-state index is 15.2. The number of aliphatic hydroxyl groups is 1. The van der Waals surface area contributed by atoms with Crippen molar-refractivity contribution in [1.82, 2.24) is 30.9 Å². The third kappa shape index (κ3) is 5.59. The van der Waals surface area contributed by atoms with Gasteiger partial charge in [-0.25, -0.2) is 24.2 Å². The fraction of sp³-hybridized carbons (Fsp3) is 0.538. The Balaban J connectivity index is 1.41. The number of ether oxygens (including phenoxy) is 1. The summed E-state index contributed by atoms with van der Waals surface area (Å²) in [5.41, 5.74) is 5.84. The SMILES string of the molecule is C[C@H](O)COc1cc(F)c(Nc2ncc(C#N)c(N[C@@H]3C[C@@H]4CCCN4C(C)(C)C3)n2)cc1N1NNN(C)C1=O. The molecule has 3 atom stereocenters. The highest BCUT2D eigenvalue weighted by Gasteiger charge is 2.43. The molecule has 1 aromatic carbocycles. The minimum atomic E-state index is -0.804. The quantitative estimate of drug-likeness (QED) is 0.327. The number of hydrazine groups is 3. The summed E-state index contributed by atoms with van der Waals surface area (Å²) in [7, 11) is 1.52. The van der Waals surface area contributed by atoms with E-state index in [2.05, 4.69) is 56.5 Å². The van der Waals surface area contributed by atoms with E-state index in [-0.39, 0.29) is 41.3 Å². The molecule has 2 amide bonds. The van der Waals surface area contributed by atoms with Crippen molar-refractivity contribution in [3.05, 3.63) is 29.7 Å². The van der Waals surface area contributed by atoms with Crippen molar-refractivity contribution in [1.29, 1.82) is 5.26 Å². The van der Waals surface area contributed by atoms with Crippen molar-refractivity contribution in [2.75, 3.05) is 35.8 Å². The predicted molar refractivity (Wildman–Crippen MR) is 146 cm³/mol. The van der Waals surface area contributed by atoms with E-state index < -0.39 is 18.0 Å². The highest BCUT2D eigenvalue weighted by molar-refractivity contribution is 5.94. The van der Waals surface area contributed by atoms with Gasteiger partial charge in [-0.3, -0.25) is 4.90 Å². The number of carbonyl (C=O) groups is 1. The number of hydrogen-bond donors (Lipinski definition) is 5. The van der Waals surface area contributed by atoms with Gasteiger partial charge in [0.25, 0.3) is 0 Å². The molecule has 5 rings (SSSR count). The lowest BCUT2D eigenvalue weighted by atomic mass is 9.84. The number of urea groups is 1. The third-order valence-electron chi connectivity index (χ3n) is 7.53. The average molecular weight is 555 g/mol. The highest BCUT2D eigenvalue weighted by Crippen LogP contribution is 2.39. The first-order valence-electron chi connectivity index (χ1n) is 13.4. The Bertz CT molecular complexity index is 1320. The van der Waals surface area contributed by atoms with E-state index in [0.29, 0.717) is 17.4 Å². The van der Waals surface area contributed by atoms with Gasteiger partial charge in [-0.2, -0.15) is 10.2 Å². The van der Waals surface area contributed by atoms with E-state index in [1.54, 1.807) is 0 Å². The van der Waals surface area contributed by atoms with E-state index in [1.807, 2.05) is 0 Å². The lowest BCUT2D eigenvalue weighted by Crippen LogP contribution is -2.55. The summed E-state index contributed by atoms with van der Waals surface area (Å²) in [5.74, 6) is -0.175. The second-order valence-corrected chi connectivity index (χ2v) is 11.1. The van der Waals surface area contributed by atoms with Crippen LogP contribution in [0.15, 0.2) is 18.3 Å². The second kappa shape index (κ2) is 11.0. The van der Waals surface area contributed by atoms with E-state index in [0.717, 1.165) is 36.9 Å². The molecule has 4 heterocycles. The van der Waals surface area contributed by atoms with E-state index >= 15 is 4.39 Å². The zero-order valence-corrected chi connectivity index (χ0v) is 23.0. The molecule has 3 fully saturated rings. The Morgan fingerprint density at radius 2 is 2.17 bits per heavy atom. The highest BCUT2D eigenvalue weighted by atomic mass is 19.1. The summed E-state index contributed by atoms with van der Waals surface area (Å²) in [6.45, 7) is 7.04. The van der Waals surface area contributed by atoms with Crippen LogP contribution in [0, 0.1) is 17.1 Å². The topological polar surface area (TPSA) is 154 Å². The van der Waals surface area contributed by atoms with Gasteiger partial charge in [0.05, 0.1) is 18.0 Å². The van der Waals surface area contributed by atoms with Crippen LogP contribution in [-0.4, -0.2) is 74.9 Å². The van der Waals surface area contributed by atoms with E-state index in [1.165, 1.54) is 37.7 Å². The van der Waals surface area contributed by atoms with E-state index in [4.69, 9.17) is 4.74 Å². The molecule has 1 aromatic heterocycles. The largest absolute Gasteiger partial charge is 0.489 e. The molecule has 3 saturated heterocycles. The Morgan fingerprint density at radius 1 is 1.38 bits per heavy atom. The van der Waals surface area contributed by atoms with Crippen molar-refractivity contribution < 1.29 is 19.0 Å². The minimum absolute atomic E-state index is 0.0143. The number of halogens is 1. The number of fused-ring (bicyclic) bond motifs is 1. The number of hydrogen-bond acceptors (Lipinski definition) is 11. The smallest absolute Gasteiger partial charge is 0.355 e. The van der Waals surface area contributed by atoms with Crippen molar-refractivity contribution in [3.63, 3.8) is 0 Å². The maximum Gasteiger partial charge on any atom is 0.355 e. The molecule has 13 nitrogen and oxygen atoms in total. The molecule has 0 aliphatic carbocycles. The monoisotopic (exact) mass is 554 g/mol. The van der Waals surface area contributed by atoms with Crippen molar-refractivity contribution in [2.24, 2.45) is 0 Å². The Morgan fingerprint density at radius 3 is 2.88 bits per heavy atom. The standard InChI is InChI=1S/C26H35FN10O3/c1-15(38)14-40-22-9-19(27)20(10-21(22)37-25(39)35(4)33-34-37)31-24-29-13-16(12-28)23(32-24)30-17-8-18-6-5-7-36(18)26(2,3)11-17/h9-10,13,15,17-18,33-34,38H,5-8,11,14H2,1-4H3,(H2,29,30,31,32)/t15-,17+,18-/m0/s1. The van der Waals surface area contributed by atoms with Crippen LogP contribution in [0.4, 0.5) is 32.3 Å². The Hall–Kier alpha value is -3.77. The molecule has 0 unspecified atom stereocenters. The number of nitrogens with one attached hydrogen (secondary N) is 4. The predicted octanol–water partition coefficient (Wildman–Crippen LogP) is 2.60. The summed E-state index contributed by atoms with van der Waals surface area (Å²) in [6.07, 6.45) is 4.78. The van der Waals surface area contributed by atoms with Gasteiger partial charge in [0.1, 0.15) is 35.5 Å². The molecule has 214 valence electrons. The van der Waals surface area contributed by atoms with Crippen LogP contribution in [0.25, 0.3) is 0 Å². The first-order chi connectivity index (χ1) is 19.1. The van der Waals surface area contributed by atoms with Gasteiger partial charge < -0.3 is 20.5 Å². The van der Waals surface area contributed by atoms with Crippen LogP contribution in [0.2, 0.25) is 0 Å². The number of nitriles is 1. The second-order valence-electron chi connectivity index (χ2n) is 11.1. The average Bonchev–Trinajstić information content (AvgIpc) is 3.51. The molecule has 2 aromatic rings. The number of aromatic nitrogens is 2. The number of piperidine rings is 1. The molecule has 5 N–H and O–H groups in total. The van der Waals surface area contributed by atoms with Crippen molar-refractivity contribution in [2.45, 2.75) is 70.2 Å². The van der Waals surface area contributed by atoms with Gasteiger partial charge in [-0.1, -0.05) is 0 Å². The molecule has 0 saturated carbocycles.